The number of carbonyl (C=O) groups excluding carboxylic acids is 1. The monoisotopic (exact) mass is 481 g/mol. The molecular formula is C29H31N5O2. The first kappa shape index (κ1) is 23.8. The maximum absolute atomic E-state index is 14.0. The number of hydrogen-bond donors (Lipinski definition) is 3. The molecule has 1 aliphatic heterocycles. The number of amides is 1. The van der Waals surface area contributed by atoms with Gasteiger partial charge in [0.2, 0.25) is 0 Å². The molecule has 1 saturated heterocycles. The largest absolute Gasteiger partial charge is 0.508 e. The van der Waals surface area contributed by atoms with Crippen molar-refractivity contribution in [2.24, 2.45) is 5.92 Å². The molecule has 7 nitrogen and oxygen atoms in total. The fraction of sp³-hybridized carbons (Fsp3) is 0.276. The lowest BCUT2D eigenvalue weighted by atomic mass is 10.00. The number of carbonyl (C=O) groups is 1. The summed E-state index contributed by atoms with van der Waals surface area (Å²) in [5.74, 6) is 0.714. The number of aromatic hydroxyl groups is 1. The molecule has 1 fully saturated rings. The van der Waals surface area contributed by atoms with Crippen LogP contribution < -0.4 is 5.32 Å². The van der Waals surface area contributed by atoms with Gasteiger partial charge in [-0.3, -0.25) is 9.89 Å². The molecule has 7 heteroatoms. The van der Waals surface area contributed by atoms with Crippen molar-refractivity contribution in [1.29, 1.82) is 0 Å². The SMILES string of the molecule is CC(C)C[C@H]1CN(C(=O)c2cc(-c3ccc(O)cc3)nc3[nH]nc(C=Cc4ccccc4)c23)CCN1. The zero-order valence-electron chi connectivity index (χ0n) is 20.6. The van der Waals surface area contributed by atoms with Gasteiger partial charge in [0.15, 0.2) is 5.65 Å². The number of phenols is 1. The Morgan fingerprint density at radius 3 is 2.67 bits per heavy atom. The molecule has 0 aliphatic carbocycles. The third-order valence-corrected chi connectivity index (χ3v) is 6.48. The predicted molar refractivity (Wildman–Crippen MR) is 144 cm³/mol. The molecule has 3 heterocycles. The number of piperazine rings is 1. The number of nitrogens with zero attached hydrogens (tertiary/aromatic N) is 3. The lowest BCUT2D eigenvalue weighted by Crippen LogP contribution is -2.53. The summed E-state index contributed by atoms with van der Waals surface area (Å²) in [5, 5.41) is 21.5. The molecule has 1 atom stereocenters. The van der Waals surface area contributed by atoms with E-state index in [0.29, 0.717) is 47.0 Å². The number of aromatic amines is 1. The van der Waals surface area contributed by atoms with Gasteiger partial charge in [-0.25, -0.2) is 4.98 Å². The molecular weight excluding hydrogens is 450 g/mol. The molecule has 0 bridgehead atoms. The Morgan fingerprint density at radius 2 is 1.92 bits per heavy atom. The molecule has 0 radical (unpaired) electrons. The number of aromatic nitrogens is 3. The van der Waals surface area contributed by atoms with Gasteiger partial charge < -0.3 is 15.3 Å². The number of H-pyrrole nitrogens is 1. The van der Waals surface area contributed by atoms with Crippen molar-refractivity contribution in [1.82, 2.24) is 25.4 Å². The third-order valence-electron chi connectivity index (χ3n) is 6.48. The average molecular weight is 482 g/mol. The van der Waals surface area contributed by atoms with Crippen LogP contribution in [0.2, 0.25) is 0 Å². The minimum atomic E-state index is -0.0200. The topological polar surface area (TPSA) is 94.1 Å². The van der Waals surface area contributed by atoms with E-state index in [2.05, 4.69) is 29.4 Å². The fourth-order valence-electron chi connectivity index (χ4n) is 4.77. The van der Waals surface area contributed by atoms with Crippen LogP contribution in [-0.4, -0.2) is 56.8 Å². The molecule has 5 rings (SSSR count). The van der Waals surface area contributed by atoms with Crippen molar-refractivity contribution in [2.75, 3.05) is 19.6 Å². The zero-order valence-corrected chi connectivity index (χ0v) is 20.6. The summed E-state index contributed by atoms with van der Waals surface area (Å²) < 4.78 is 0. The molecule has 1 aliphatic rings. The third kappa shape index (κ3) is 5.16. The first-order valence-electron chi connectivity index (χ1n) is 12.4. The van der Waals surface area contributed by atoms with Gasteiger partial charge in [-0.05, 0) is 54.3 Å². The lowest BCUT2D eigenvalue weighted by molar-refractivity contribution is 0.0696. The van der Waals surface area contributed by atoms with Crippen LogP contribution in [0.15, 0.2) is 60.7 Å². The summed E-state index contributed by atoms with van der Waals surface area (Å²) in [6, 6.07) is 19.0. The van der Waals surface area contributed by atoms with Crippen LogP contribution in [0, 0.1) is 5.92 Å². The normalized spacial score (nSPS) is 16.3. The molecule has 4 aromatic rings. The highest BCUT2D eigenvalue weighted by Crippen LogP contribution is 2.29. The van der Waals surface area contributed by atoms with Crippen LogP contribution in [0.1, 0.15) is 41.9 Å². The van der Waals surface area contributed by atoms with Gasteiger partial charge in [0.1, 0.15) is 5.75 Å². The molecule has 2 aromatic heterocycles. The predicted octanol–water partition coefficient (Wildman–Crippen LogP) is 4.96. The number of benzene rings is 2. The van der Waals surface area contributed by atoms with Crippen molar-refractivity contribution in [2.45, 2.75) is 26.3 Å². The number of phenolic OH excluding ortho intramolecular Hbond substituents is 1. The van der Waals surface area contributed by atoms with Gasteiger partial charge in [0.25, 0.3) is 5.91 Å². The van der Waals surface area contributed by atoms with E-state index in [4.69, 9.17) is 4.98 Å². The Morgan fingerprint density at radius 1 is 1.14 bits per heavy atom. The summed E-state index contributed by atoms with van der Waals surface area (Å²) in [4.78, 5) is 20.7. The summed E-state index contributed by atoms with van der Waals surface area (Å²) in [6.07, 6.45) is 4.93. The van der Waals surface area contributed by atoms with E-state index in [9.17, 15) is 9.90 Å². The number of hydrogen-bond acceptors (Lipinski definition) is 5. The smallest absolute Gasteiger partial charge is 0.254 e. The number of pyridine rings is 1. The second-order valence-electron chi connectivity index (χ2n) is 9.71. The Kier molecular flexibility index (Phi) is 6.82. The molecule has 0 saturated carbocycles. The molecule has 0 unspecified atom stereocenters. The van der Waals surface area contributed by atoms with E-state index in [1.165, 1.54) is 0 Å². The Bertz CT molecular complexity index is 1380. The van der Waals surface area contributed by atoms with Crippen molar-refractivity contribution in [3.05, 3.63) is 77.5 Å². The van der Waals surface area contributed by atoms with E-state index >= 15 is 0 Å². The lowest BCUT2D eigenvalue weighted by Gasteiger charge is -2.34. The molecule has 36 heavy (non-hydrogen) atoms. The Hall–Kier alpha value is -3.97. The minimum Gasteiger partial charge on any atom is -0.508 e. The Balaban J connectivity index is 1.57. The first-order chi connectivity index (χ1) is 17.5. The highest BCUT2D eigenvalue weighted by Gasteiger charge is 2.27. The zero-order chi connectivity index (χ0) is 25.1. The van der Waals surface area contributed by atoms with Crippen LogP contribution in [-0.2, 0) is 0 Å². The Labute approximate surface area is 210 Å². The molecule has 3 N–H and O–H groups in total. The van der Waals surface area contributed by atoms with Crippen LogP contribution in [0.5, 0.6) is 5.75 Å². The van der Waals surface area contributed by atoms with Crippen LogP contribution in [0.25, 0.3) is 34.4 Å². The summed E-state index contributed by atoms with van der Waals surface area (Å²) in [5.41, 5.74) is 4.34. The number of fused-ring (bicyclic) bond motifs is 1. The highest BCUT2D eigenvalue weighted by molar-refractivity contribution is 6.09. The minimum absolute atomic E-state index is 0.0200. The van der Waals surface area contributed by atoms with Gasteiger partial charge in [-0.1, -0.05) is 50.3 Å². The fourth-order valence-corrected chi connectivity index (χ4v) is 4.77. The molecule has 184 valence electrons. The standard InChI is InChI=1S/C29H31N5O2/c1-19(2)16-22-18-34(15-14-30-22)29(36)24-17-26(21-9-11-23(35)12-10-21)31-28-27(24)25(32-33-28)13-8-20-6-4-3-5-7-20/h3-13,17,19,22,30,35H,14-16,18H2,1-2H3,(H,31,32,33)/t22-/m0/s1. The number of rotatable bonds is 6. The number of nitrogens with one attached hydrogen (secondary N) is 2. The van der Waals surface area contributed by atoms with Crippen molar-refractivity contribution in [3.63, 3.8) is 0 Å². The molecule has 1 amide bonds. The van der Waals surface area contributed by atoms with Crippen molar-refractivity contribution < 1.29 is 9.90 Å². The van der Waals surface area contributed by atoms with E-state index in [1.54, 1.807) is 24.3 Å². The highest BCUT2D eigenvalue weighted by atomic mass is 16.3. The molecule has 0 spiro atoms. The van der Waals surface area contributed by atoms with Crippen LogP contribution >= 0.6 is 0 Å². The van der Waals surface area contributed by atoms with E-state index in [0.717, 1.165) is 24.1 Å². The quantitative estimate of drug-likeness (QED) is 0.362. The summed E-state index contributed by atoms with van der Waals surface area (Å²) in [7, 11) is 0. The molecule has 2 aromatic carbocycles. The van der Waals surface area contributed by atoms with Crippen molar-refractivity contribution in [3.8, 4) is 17.0 Å². The summed E-state index contributed by atoms with van der Waals surface area (Å²) in [6.45, 7) is 6.50. The second-order valence-corrected chi connectivity index (χ2v) is 9.71. The van der Waals surface area contributed by atoms with E-state index in [1.807, 2.05) is 53.5 Å². The van der Waals surface area contributed by atoms with Crippen LogP contribution in [0.3, 0.4) is 0 Å². The van der Waals surface area contributed by atoms with Crippen LogP contribution in [0.4, 0.5) is 0 Å². The van der Waals surface area contributed by atoms with E-state index < -0.39 is 0 Å². The van der Waals surface area contributed by atoms with Gasteiger partial charge in [-0.2, -0.15) is 5.10 Å². The van der Waals surface area contributed by atoms with Gasteiger partial charge >= 0.3 is 0 Å². The van der Waals surface area contributed by atoms with Gasteiger partial charge in [0.05, 0.1) is 22.3 Å². The first-order valence-corrected chi connectivity index (χ1v) is 12.4. The maximum Gasteiger partial charge on any atom is 0.254 e. The van der Waals surface area contributed by atoms with Gasteiger partial charge in [0, 0.05) is 31.2 Å². The van der Waals surface area contributed by atoms with Gasteiger partial charge in [-0.15, -0.1) is 0 Å². The average Bonchev–Trinajstić information content (AvgIpc) is 3.30. The van der Waals surface area contributed by atoms with E-state index in [-0.39, 0.29) is 17.7 Å². The van der Waals surface area contributed by atoms with Crippen molar-refractivity contribution >= 4 is 29.1 Å². The maximum atomic E-state index is 14.0. The second kappa shape index (κ2) is 10.3. The summed E-state index contributed by atoms with van der Waals surface area (Å²) >= 11 is 0.